The van der Waals surface area contributed by atoms with E-state index in [-0.39, 0.29) is 13.0 Å². The number of hydrogen-bond acceptors (Lipinski definition) is 4. The molecule has 0 fully saturated rings. The summed E-state index contributed by atoms with van der Waals surface area (Å²) in [7, 11) is 0. The number of nitrogens with one attached hydrogen (secondary N) is 1. The van der Waals surface area contributed by atoms with Crippen LogP contribution in [0.3, 0.4) is 0 Å². The first kappa shape index (κ1) is 21.0. The fourth-order valence-corrected chi connectivity index (χ4v) is 3.49. The molecule has 0 aliphatic heterocycles. The van der Waals surface area contributed by atoms with Gasteiger partial charge in [-0.2, -0.15) is 5.10 Å². The lowest BCUT2D eigenvalue weighted by molar-refractivity contribution is -0.141. The standard InChI is InChI=1S/C25H21N3O4/c29-23(26-22(25(31)32)14-17-6-2-1-3-7-17)16-28-24(30)13-12-21(27-28)20-11-10-18-8-4-5-9-19(18)15-20/h1-13,15,22H,14,16H2,(H,26,29)(H,31,32)/t22-/m1/s1. The van der Waals surface area contributed by atoms with Crippen molar-refractivity contribution in [3.05, 3.63) is 101 Å². The number of amides is 1. The lowest BCUT2D eigenvalue weighted by atomic mass is 10.1. The van der Waals surface area contributed by atoms with Gasteiger partial charge in [0.2, 0.25) is 5.91 Å². The third kappa shape index (κ3) is 4.89. The highest BCUT2D eigenvalue weighted by molar-refractivity contribution is 5.87. The molecular formula is C25H21N3O4. The van der Waals surface area contributed by atoms with Gasteiger partial charge in [0, 0.05) is 18.1 Å². The van der Waals surface area contributed by atoms with Crippen molar-refractivity contribution in [2.45, 2.75) is 19.0 Å². The molecule has 3 aromatic carbocycles. The second-order valence-corrected chi connectivity index (χ2v) is 7.42. The number of rotatable bonds is 7. The Morgan fingerprint density at radius 2 is 1.62 bits per heavy atom. The number of carboxylic acids is 1. The number of benzene rings is 3. The van der Waals surface area contributed by atoms with Gasteiger partial charge < -0.3 is 10.4 Å². The second kappa shape index (κ2) is 9.26. The summed E-state index contributed by atoms with van der Waals surface area (Å²) in [5.74, 6) is -1.74. The van der Waals surface area contributed by atoms with Crippen molar-refractivity contribution in [3.8, 4) is 11.3 Å². The number of nitrogens with zero attached hydrogens (tertiary/aromatic N) is 2. The Hall–Kier alpha value is -4.26. The van der Waals surface area contributed by atoms with Crippen LogP contribution in [-0.2, 0) is 22.6 Å². The van der Waals surface area contributed by atoms with Crippen LogP contribution in [0.1, 0.15) is 5.56 Å². The molecule has 0 aliphatic rings. The third-order valence-electron chi connectivity index (χ3n) is 5.12. The van der Waals surface area contributed by atoms with E-state index in [2.05, 4.69) is 10.4 Å². The first-order valence-electron chi connectivity index (χ1n) is 10.1. The predicted molar refractivity (Wildman–Crippen MR) is 121 cm³/mol. The average molecular weight is 427 g/mol. The molecule has 160 valence electrons. The summed E-state index contributed by atoms with van der Waals surface area (Å²) >= 11 is 0. The van der Waals surface area contributed by atoms with Crippen molar-refractivity contribution < 1.29 is 14.7 Å². The van der Waals surface area contributed by atoms with Gasteiger partial charge in [-0.1, -0.05) is 66.7 Å². The Bertz CT molecular complexity index is 1330. The van der Waals surface area contributed by atoms with Gasteiger partial charge >= 0.3 is 5.97 Å². The van der Waals surface area contributed by atoms with E-state index in [4.69, 9.17) is 0 Å². The van der Waals surface area contributed by atoms with Crippen molar-refractivity contribution in [1.82, 2.24) is 15.1 Å². The maximum atomic E-state index is 12.5. The fourth-order valence-electron chi connectivity index (χ4n) is 3.49. The minimum absolute atomic E-state index is 0.140. The van der Waals surface area contributed by atoms with E-state index in [9.17, 15) is 19.5 Å². The lowest BCUT2D eigenvalue weighted by Crippen LogP contribution is -2.44. The van der Waals surface area contributed by atoms with Gasteiger partial charge in [0.05, 0.1) is 5.69 Å². The summed E-state index contributed by atoms with van der Waals surface area (Å²) in [5.41, 5.74) is 1.70. The van der Waals surface area contributed by atoms with Crippen molar-refractivity contribution in [1.29, 1.82) is 0 Å². The van der Waals surface area contributed by atoms with E-state index in [0.29, 0.717) is 5.69 Å². The zero-order valence-electron chi connectivity index (χ0n) is 17.1. The molecule has 0 aliphatic carbocycles. The highest BCUT2D eigenvalue weighted by atomic mass is 16.4. The Kier molecular flexibility index (Phi) is 6.07. The maximum absolute atomic E-state index is 12.5. The summed E-state index contributed by atoms with van der Waals surface area (Å²) in [5, 5.41) is 18.4. The fraction of sp³-hybridized carbons (Fsp3) is 0.120. The zero-order valence-corrected chi connectivity index (χ0v) is 17.1. The molecule has 1 amide bonds. The molecule has 1 aromatic heterocycles. The van der Waals surface area contributed by atoms with Gasteiger partial charge in [-0.05, 0) is 28.5 Å². The van der Waals surface area contributed by atoms with E-state index in [1.54, 1.807) is 30.3 Å². The van der Waals surface area contributed by atoms with E-state index in [0.717, 1.165) is 26.6 Å². The van der Waals surface area contributed by atoms with Crippen LogP contribution in [-0.4, -0.2) is 32.8 Å². The summed E-state index contributed by atoms with van der Waals surface area (Å²) < 4.78 is 1.04. The number of carbonyl (C=O) groups is 2. The molecule has 7 nitrogen and oxygen atoms in total. The van der Waals surface area contributed by atoms with Crippen molar-refractivity contribution in [2.75, 3.05) is 0 Å². The molecule has 1 heterocycles. The Labute approximate surface area is 183 Å². The Morgan fingerprint density at radius 3 is 2.38 bits per heavy atom. The van der Waals surface area contributed by atoms with Crippen molar-refractivity contribution in [2.24, 2.45) is 0 Å². The Balaban J connectivity index is 1.52. The summed E-state index contributed by atoms with van der Waals surface area (Å²) in [6.45, 7) is -0.376. The molecule has 32 heavy (non-hydrogen) atoms. The minimum atomic E-state index is -1.15. The molecule has 0 radical (unpaired) electrons. The summed E-state index contributed by atoms with van der Waals surface area (Å²) in [6, 6.07) is 24.6. The van der Waals surface area contributed by atoms with E-state index in [1.807, 2.05) is 48.5 Å². The average Bonchev–Trinajstić information content (AvgIpc) is 2.80. The van der Waals surface area contributed by atoms with Crippen LogP contribution >= 0.6 is 0 Å². The normalized spacial score (nSPS) is 11.8. The smallest absolute Gasteiger partial charge is 0.326 e. The molecule has 2 N–H and O–H groups in total. The first-order chi connectivity index (χ1) is 15.5. The number of fused-ring (bicyclic) bond motifs is 1. The second-order valence-electron chi connectivity index (χ2n) is 7.42. The van der Waals surface area contributed by atoms with Gasteiger partial charge in [0.25, 0.3) is 5.56 Å². The number of carbonyl (C=O) groups excluding carboxylic acids is 1. The number of hydrogen-bond donors (Lipinski definition) is 2. The van der Waals surface area contributed by atoms with Crippen LogP contribution in [0, 0.1) is 0 Å². The van der Waals surface area contributed by atoms with E-state index in [1.165, 1.54) is 6.07 Å². The van der Waals surface area contributed by atoms with Gasteiger partial charge in [-0.3, -0.25) is 9.59 Å². The SMILES string of the molecule is O=C(Cn1nc(-c2ccc3ccccc3c2)ccc1=O)N[C@H](Cc1ccccc1)C(=O)O. The molecule has 0 saturated carbocycles. The zero-order chi connectivity index (χ0) is 22.5. The Morgan fingerprint density at radius 1 is 0.906 bits per heavy atom. The van der Waals surface area contributed by atoms with Gasteiger partial charge in [-0.25, -0.2) is 9.48 Å². The van der Waals surface area contributed by atoms with Crippen LogP contribution in [0.5, 0.6) is 0 Å². The van der Waals surface area contributed by atoms with Crippen LogP contribution in [0.2, 0.25) is 0 Å². The largest absolute Gasteiger partial charge is 0.480 e. The third-order valence-corrected chi connectivity index (χ3v) is 5.12. The first-order valence-corrected chi connectivity index (χ1v) is 10.1. The number of aliphatic carboxylic acids is 1. The molecule has 4 aromatic rings. The maximum Gasteiger partial charge on any atom is 0.326 e. The molecule has 0 spiro atoms. The van der Waals surface area contributed by atoms with Gasteiger partial charge in [0.1, 0.15) is 12.6 Å². The van der Waals surface area contributed by atoms with Crippen LogP contribution < -0.4 is 10.9 Å². The highest BCUT2D eigenvalue weighted by Gasteiger charge is 2.21. The molecular weight excluding hydrogens is 406 g/mol. The minimum Gasteiger partial charge on any atom is -0.480 e. The van der Waals surface area contributed by atoms with Gasteiger partial charge in [0.15, 0.2) is 0 Å². The predicted octanol–water partition coefficient (Wildman–Crippen LogP) is 2.88. The summed E-state index contributed by atoms with van der Waals surface area (Å²) in [4.78, 5) is 36.4. The van der Waals surface area contributed by atoms with Crippen LogP contribution in [0.15, 0.2) is 89.7 Å². The summed E-state index contributed by atoms with van der Waals surface area (Å²) in [6.07, 6.45) is 0.140. The number of aromatic nitrogens is 2. The van der Waals surface area contributed by atoms with Crippen LogP contribution in [0.25, 0.3) is 22.0 Å². The lowest BCUT2D eigenvalue weighted by Gasteiger charge is -2.15. The monoisotopic (exact) mass is 427 g/mol. The van der Waals surface area contributed by atoms with E-state index < -0.39 is 23.5 Å². The highest BCUT2D eigenvalue weighted by Crippen LogP contribution is 2.22. The molecule has 7 heteroatoms. The van der Waals surface area contributed by atoms with Crippen molar-refractivity contribution >= 4 is 22.6 Å². The van der Waals surface area contributed by atoms with Gasteiger partial charge in [-0.15, -0.1) is 0 Å². The molecule has 0 bridgehead atoms. The quantitative estimate of drug-likeness (QED) is 0.472. The topological polar surface area (TPSA) is 101 Å². The van der Waals surface area contributed by atoms with Crippen molar-refractivity contribution in [3.63, 3.8) is 0 Å². The molecule has 0 saturated heterocycles. The van der Waals surface area contributed by atoms with E-state index >= 15 is 0 Å². The van der Waals surface area contributed by atoms with Crippen LogP contribution in [0.4, 0.5) is 0 Å². The molecule has 0 unspecified atom stereocenters. The molecule has 4 rings (SSSR count). The number of carboxylic acid groups (broad SMARTS) is 1. The molecule has 1 atom stereocenters.